The normalized spacial score (nSPS) is 10.3. The summed E-state index contributed by atoms with van der Waals surface area (Å²) in [5, 5.41) is 2.71. The Morgan fingerprint density at radius 1 is 1.10 bits per heavy atom. The molecular formula is C15H12BrF2NO. The van der Waals surface area contributed by atoms with Gasteiger partial charge in [-0.05, 0) is 42.3 Å². The summed E-state index contributed by atoms with van der Waals surface area (Å²) in [7, 11) is 0. The summed E-state index contributed by atoms with van der Waals surface area (Å²) in [5.74, 6) is -1.44. The SMILES string of the molecule is O=C(NCCc1cc(F)cc(F)c1)c1cccc(Br)c1. The molecule has 0 unspecified atom stereocenters. The van der Waals surface area contributed by atoms with Crippen molar-refractivity contribution in [3.8, 4) is 0 Å². The van der Waals surface area contributed by atoms with Gasteiger partial charge in [0.25, 0.3) is 5.91 Å². The van der Waals surface area contributed by atoms with Gasteiger partial charge in [0.05, 0.1) is 0 Å². The Kier molecular flexibility index (Phi) is 4.84. The fourth-order valence-electron chi connectivity index (χ4n) is 1.81. The smallest absolute Gasteiger partial charge is 0.251 e. The maximum absolute atomic E-state index is 13.0. The summed E-state index contributed by atoms with van der Waals surface area (Å²) in [6.07, 6.45) is 0.369. The van der Waals surface area contributed by atoms with E-state index in [-0.39, 0.29) is 5.91 Å². The minimum absolute atomic E-state index is 0.219. The van der Waals surface area contributed by atoms with Crippen LogP contribution in [0.2, 0.25) is 0 Å². The number of benzene rings is 2. The summed E-state index contributed by atoms with van der Waals surface area (Å²) in [6.45, 7) is 0.314. The summed E-state index contributed by atoms with van der Waals surface area (Å²) in [6, 6.07) is 10.3. The molecule has 0 saturated heterocycles. The molecule has 0 aliphatic carbocycles. The number of amides is 1. The number of hydrogen-bond donors (Lipinski definition) is 1. The molecular weight excluding hydrogens is 328 g/mol. The van der Waals surface area contributed by atoms with Gasteiger partial charge in [-0.1, -0.05) is 22.0 Å². The zero-order valence-electron chi connectivity index (χ0n) is 10.5. The summed E-state index contributed by atoms with van der Waals surface area (Å²) >= 11 is 3.29. The topological polar surface area (TPSA) is 29.1 Å². The van der Waals surface area contributed by atoms with Gasteiger partial charge in [0.15, 0.2) is 0 Å². The van der Waals surface area contributed by atoms with E-state index in [4.69, 9.17) is 0 Å². The zero-order valence-corrected chi connectivity index (χ0v) is 12.1. The van der Waals surface area contributed by atoms with Crippen LogP contribution in [0.5, 0.6) is 0 Å². The van der Waals surface area contributed by atoms with Gasteiger partial charge in [-0.2, -0.15) is 0 Å². The van der Waals surface area contributed by atoms with E-state index >= 15 is 0 Å². The Balaban J connectivity index is 1.91. The molecule has 104 valence electrons. The highest BCUT2D eigenvalue weighted by Crippen LogP contribution is 2.12. The first-order chi connectivity index (χ1) is 9.54. The lowest BCUT2D eigenvalue weighted by Gasteiger charge is -2.06. The minimum atomic E-state index is -0.613. The molecule has 20 heavy (non-hydrogen) atoms. The summed E-state index contributed by atoms with van der Waals surface area (Å²) in [5.41, 5.74) is 1.04. The van der Waals surface area contributed by atoms with Crippen molar-refractivity contribution >= 4 is 21.8 Å². The molecule has 0 aliphatic rings. The number of carbonyl (C=O) groups is 1. The van der Waals surface area contributed by atoms with Crippen molar-refractivity contribution in [2.75, 3.05) is 6.54 Å². The van der Waals surface area contributed by atoms with Crippen molar-refractivity contribution in [2.24, 2.45) is 0 Å². The molecule has 1 N–H and O–H groups in total. The molecule has 1 amide bonds. The lowest BCUT2D eigenvalue weighted by atomic mass is 10.1. The van der Waals surface area contributed by atoms with Crippen LogP contribution in [0.4, 0.5) is 8.78 Å². The second-order valence-corrected chi connectivity index (χ2v) is 5.21. The van der Waals surface area contributed by atoms with Crippen LogP contribution in [0.25, 0.3) is 0 Å². The Hall–Kier alpha value is -1.75. The largest absolute Gasteiger partial charge is 0.352 e. The lowest BCUT2D eigenvalue weighted by molar-refractivity contribution is 0.0954. The van der Waals surface area contributed by atoms with Crippen molar-refractivity contribution in [1.82, 2.24) is 5.32 Å². The lowest BCUT2D eigenvalue weighted by Crippen LogP contribution is -2.25. The zero-order chi connectivity index (χ0) is 14.5. The van der Waals surface area contributed by atoms with Gasteiger partial charge in [0.1, 0.15) is 11.6 Å². The fraction of sp³-hybridized carbons (Fsp3) is 0.133. The predicted octanol–water partition coefficient (Wildman–Crippen LogP) is 3.70. The fourth-order valence-corrected chi connectivity index (χ4v) is 2.21. The molecule has 2 aromatic rings. The van der Waals surface area contributed by atoms with Gasteiger partial charge in [-0.25, -0.2) is 8.78 Å². The molecule has 0 aliphatic heterocycles. The number of hydrogen-bond acceptors (Lipinski definition) is 1. The second kappa shape index (κ2) is 6.61. The van der Waals surface area contributed by atoms with Crippen LogP contribution in [0.3, 0.4) is 0 Å². The number of nitrogens with one attached hydrogen (secondary N) is 1. The van der Waals surface area contributed by atoms with E-state index in [0.717, 1.165) is 10.5 Å². The average molecular weight is 340 g/mol. The van der Waals surface area contributed by atoms with Crippen LogP contribution in [0.1, 0.15) is 15.9 Å². The van der Waals surface area contributed by atoms with Gasteiger partial charge >= 0.3 is 0 Å². The van der Waals surface area contributed by atoms with Crippen LogP contribution in [-0.4, -0.2) is 12.5 Å². The maximum atomic E-state index is 13.0. The quantitative estimate of drug-likeness (QED) is 0.904. The van der Waals surface area contributed by atoms with E-state index in [1.165, 1.54) is 12.1 Å². The van der Waals surface area contributed by atoms with E-state index in [9.17, 15) is 13.6 Å². The molecule has 2 aromatic carbocycles. The molecule has 0 bridgehead atoms. The summed E-state index contributed by atoms with van der Waals surface area (Å²) in [4.78, 5) is 11.8. The van der Waals surface area contributed by atoms with Crippen molar-refractivity contribution in [3.63, 3.8) is 0 Å². The van der Waals surface area contributed by atoms with Gasteiger partial charge in [-0.15, -0.1) is 0 Å². The van der Waals surface area contributed by atoms with Crippen LogP contribution >= 0.6 is 15.9 Å². The van der Waals surface area contributed by atoms with Crippen LogP contribution < -0.4 is 5.32 Å². The van der Waals surface area contributed by atoms with Crippen LogP contribution in [-0.2, 0) is 6.42 Å². The van der Waals surface area contributed by atoms with Crippen molar-refractivity contribution in [1.29, 1.82) is 0 Å². The van der Waals surface area contributed by atoms with E-state index in [0.29, 0.717) is 24.1 Å². The Bertz CT molecular complexity index is 611. The molecule has 0 fully saturated rings. The van der Waals surface area contributed by atoms with E-state index in [1.807, 2.05) is 6.07 Å². The third kappa shape index (κ3) is 4.13. The van der Waals surface area contributed by atoms with E-state index < -0.39 is 11.6 Å². The third-order valence-electron chi connectivity index (χ3n) is 2.71. The molecule has 0 spiro atoms. The first-order valence-corrected chi connectivity index (χ1v) is 6.82. The second-order valence-electron chi connectivity index (χ2n) is 4.29. The molecule has 5 heteroatoms. The third-order valence-corrected chi connectivity index (χ3v) is 3.20. The number of rotatable bonds is 4. The molecule has 0 saturated carbocycles. The first-order valence-electron chi connectivity index (χ1n) is 6.03. The standard InChI is InChI=1S/C15H12BrF2NO/c16-12-3-1-2-11(8-12)15(20)19-5-4-10-6-13(17)9-14(18)7-10/h1-3,6-9H,4-5H2,(H,19,20). The highest BCUT2D eigenvalue weighted by Gasteiger charge is 2.06. The van der Waals surface area contributed by atoms with Gasteiger partial charge < -0.3 is 5.32 Å². The van der Waals surface area contributed by atoms with E-state index in [2.05, 4.69) is 21.2 Å². The molecule has 0 aromatic heterocycles. The predicted molar refractivity (Wildman–Crippen MR) is 76.5 cm³/mol. The molecule has 0 radical (unpaired) electrons. The molecule has 2 rings (SSSR count). The van der Waals surface area contributed by atoms with Crippen molar-refractivity contribution in [2.45, 2.75) is 6.42 Å². The first kappa shape index (κ1) is 14.7. The highest BCUT2D eigenvalue weighted by atomic mass is 79.9. The Labute approximate surface area is 123 Å². The van der Waals surface area contributed by atoms with Gasteiger partial charge in [0.2, 0.25) is 0 Å². The van der Waals surface area contributed by atoms with Crippen molar-refractivity contribution < 1.29 is 13.6 Å². The van der Waals surface area contributed by atoms with Crippen molar-refractivity contribution in [3.05, 3.63) is 69.7 Å². The molecule has 0 atom stereocenters. The Morgan fingerprint density at radius 2 is 1.80 bits per heavy atom. The average Bonchev–Trinajstić information content (AvgIpc) is 2.37. The highest BCUT2D eigenvalue weighted by molar-refractivity contribution is 9.10. The van der Waals surface area contributed by atoms with Crippen LogP contribution in [0, 0.1) is 11.6 Å². The summed E-state index contributed by atoms with van der Waals surface area (Å²) < 4.78 is 26.8. The number of halogens is 3. The molecule has 2 nitrogen and oxygen atoms in total. The maximum Gasteiger partial charge on any atom is 0.251 e. The van der Waals surface area contributed by atoms with Gasteiger partial charge in [0, 0.05) is 22.6 Å². The van der Waals surface area contributed by atoms with Crippen LogP contribution in [0.15, 0.2) is 46.9 Å². The van der Waals surface area contributed by atoms with E-state index in [1.54, 1.807) is 18.2 Å². The number of carbonyl (C=O) groups excluding carboxylic acids is 1. The Morgan fingerprint density at radius 3 is 2.45 bits per heavy atom. The monoisotopic (exact) mass is 339 g/mol. The minimum Gasteiger partial charge on any atom is -0.352 e. The van der Waals surface area contributed by atoms with Gasteiger partial charge in [-0.3, -0.25) is 4.79 Å². The molecule has 0 heterocycles.